The van der Waals surface area contributed by atoms with Gasteiger partial charge in [-0.1, -0.05) is 22.8 Å². The maximum absolute atomic E-state index is 5.98. The van der Waals surface area contributed by atoms with Gasteiger partial charge in [0.25, 0.3) is 0 Å². The van der Waals surface area contributed by atoms with Gasteiger partial charge in [0, 0.05) is 11.4 Å². The van der Waals surface area contributed by atoms with E-state index in [2.05, 4.69) is 15.1 Å². The monoisotopic (exact) mass is 298 g/mol. The van der Waals surface area contributed by atoms with Gasteiger partial charge in [-0.15, -0.1) is 0 Å². The van der Waals surface area contributed by atoms with Crippen molar-refractivity contribution in [1.29, 1.82) is 0 Å². The van der Waals surface area contributed by atoms with Crippen molar-refractivity contribution in [3.05, 3.63) is 52.8 Å². The third kappa shape index (κ3) is 2.11. The van der Waals surface area contributed by atoms with Gasteiger partial charge in [-0.05, 0) is 35.9 Å². The van der Waals surface area contributed by atoms with Crippen molar-refractivity contribution in [2.24, 2.45) is 0 Å². The molecule has 4 aromatic rings. The van der Waals surface area contributed by atoms with Crippen LogP contribution in [0.3, 0.4) is 0 Å². The van der Waals surface area contributed by atoms with E-state index in [0.29, 0.717) is 22.8 Å². The predicted octanol–water partition coefficient (Wildman–Crippen LogP) is 3.53. The summed E-state index contributed by atoms with van der Waals surface area (Å²) in [5.41, 5.74) is 9.38. The van der Waals surface area contributed by atoms with Gasteiger partial charge < -0.3 is 15.2 Å². The largest absolute Gasteiger partial charge is 0.380 e. The first-order valence-electron chi connectivity index (χ1n) is 6.47. The first-order valence-corrected chi connectivity index (χ1v) is 6.85. The van der Waals surface area contributed by atoms with E-state index in [1.807, 2.05) is 36.4 Å². The SMILES string of the molecule is Nc1noc2ccc(Cc3nc4ccc(Cl)cc4[nH]3)cc12. The second kappa shape index (κ2) is 4.49. The van der Waals surface area contributed by atoms with Crippen molar-refractivity contribution < 1.29 is 4.52 Å². The standard InChI is InChI=1S/C15H11ClN4O/c16-9-2-3-11-12(7-9)19-14(18-11)6-8-1-4-13-10(5-8)15(17)20-21-13/h1-5,7H,6H2,(H2,17,20)(H,18,19). The van der Waals surface area contributed by atoms with Gasteiger partial charge in [-0.25, -0.2) is 4.98 Å². The number of anilines is 1. The fourth-order valence-corrected chi connectivity index (χ4v) is 2.60. The van der Waals surface area contributed by atoms with Gasteiger partial charge in [-0.3, -0.25) is 0 Å². The maximum Gasteiger partial charge on any atom is 0.174 e. The predicted molar refractivity (Wildman–Crippen MR) is 82.3 cm³/mol. The van der Waals surface area contributed by atoms with Crippen LogP contribution < -0.4 is 5.73 Å². The van der Waals surface area contributed by atoms with E-state index in [-0.39, 0.29) is 0 Å². The van der Waals surface area contributed by atoms with Crippen LogP contribution >= 0.6 is 11.6 Å². The number of hydrogen-bond acceptors (Lipinski definition) is 4. The smallest absolute Gasteiger partial charge is 0.174 e. The normalized spacial score (nSPS) is 11.5. The summed E-state index contributed by atoms with van der Waals surface area (Å²) < 4.78 is 5.10. The minimum Gasteiger partial charge on any atom is -0.380 e. The van der Waals surface area contributed by atoms with Crippen LogP contribution in [0.4, 0.5) is 5.82 Å². The summed E-state index contributed by atoms with van der Waals surface area (Å²) in [5, 5.41) is 5.27. The number of rotatable bonds is 2. The number of aromatic amines is 1. The topological polar surface area (TPSA) is 80.7 Å². The van der Waals surface area contributed by atoms with Crippen molar-refractivity contribution in [3.63, 3.8) is 0 Å². The molecule has 0 unspecified atom stereocenters. The quantitative estimate of drug-likeness (QED) is 0.593. The molecule has 0 aliphatic heterocycles. The molecule has 0 radical (unpaired) electrons. The third-order valence-corrected chi connectivity index (χ3v) is 3.66. The zero-order valence-corrected chi connectivity index (χ0v) is 11.7. The Kier molecular flexibility index (Phi) is 2.62. The average Bonchev–Trinajstić information content (AvgIpc) is 3.02. The first kappa shape index (κ1) is 12.2. The Morgan fingerprint density at radius 3 is 3.00 bits per heavy atom. The number of nitrogens with one attached hydrogen (secondary N) is 1. The van der Waals surface area contributed by atoms with Gasteiger partial charge in [0.2, 0.25) is 0 Å². The molecule has 0 saturated heterocycles. The van der Waals surface area contributed by atoms with Crippen molar-refractivity contribution in [2.75, 3.05) is 5.73 Å². The van der Waals surface area contributed by atoms with Crippen molar-refractivity contribution >= 4 is 39.4 Å². The molecule has 0 spiro atoms. The number of hydrogen-bond donors (Lipinski definition) is 2. The number of benzene rings is 2. The van der Waals surface area contributed by atoms with Crippen molar-refractivity contribution in [3.8, 4) is 0 Å². The lowest BCUT2D eigenvalue weighted by molar-refractivity contribution is 0.460. The number of nitrogens with zero attached hydrogens (tertiary/aromatic N) is 2. The number of aromatic nitrogens is 3. The van der Waals surface area contributed by atoms with Crippen LogP contribution in [0.25, 0.3) is 22.0 Å². The molecule has 21 heavy (non-hydrogen) atoms. The highest BCUT2D eigenvalue weighted by Crippen LogP contribution is 2.23. The summed E-state index contributed by atoms with van der Waals surface area (Å²) in [6, 6.07) is 11.4. The van der Waals surface area contributed by atoms with Crippen LogP contribution in [0.15, 0.2) is 40.9 Å². The molecule has 0 saturated carbocycles. The molecule has 0 aliphatic carbocycles. The Labute approximate surface area is 124 Å². The molecule has 3 N–H and O–H groups in total. The zero-order chi connectivity index (χ0) is 14.4. The molecule has 5 nitrogen and oxygen atoms in total. The fourth-order valence-electron chi connectivity index (χ4n) is 2.43. The molecule has 0 amide bonds. The summed E-state index contributed by atoms with van der Waals surface area (Å²) in [7, 11) is 0. The number of nitrogen functional groups attached to an aromatic ring is 1. The van der Waals surface area contributed by atoms with Crippen LogP contribution in [0.2, 0.25) is 5.02 Å². The van der Waals surface area contributed by atoms with E-state index >= 15 is 0 Å². The highest BCUT2D eigenvalue weighted by Gasteiger charge is 2.08. The minimum absolute atomic E-state index is 0.406. The molecule has 0 aliphatic rings. The lowest BCUT2D eigenvalue weighted by atomic mass is 10.1. The number of imidazole rings is 1. The second-order valence-corrected chi connectivity index (χ2v) is 5.36. The van der Waals surface area contributed by atoms with Gasteiger partial charge in [-0.2, -0.15) is 0 Å². The van der Waals surface area contributed by atoms with Gasteiger partial charge in [0.1, 0.15) is 5.82 Å². The van der Waals surface area contributed by atoms with Crippen LogP contribution in [-0.4, -0.2) is 15.1 Å². The van der Waals surface area contributed by atoms with Crippen molar-refractivity contribution in [1.82, 2.24) is 15.1 Å². The summed E-state index contributed by atoms with van der Waals surface area (Å²) in [4.78, 5) is 7.83. The van der Waals surface area contributed by atoms with E-state index in [1.165, 1.54) is 0 Å². The van der Waals surface area contributed by atoms with E-state index in [1.54, 1.807) is 0 Å². The van der Waals surface area contributed by atoms with E-state index in [4.69, 9.17) is 21.9 Å². The molecular weight excluding hydrogens is 288 g/mol. The fraction of sp³-hybridized carbons (Fsp3) is 0.0667. The molecule has 0 fully saturated rings. The molecule has 4 rings (SSSR count). The molecule has 0 bridgehead atoms. The van der Waals surface area contributed by atoms with E-state index in [0.717, 1.165) is 27.8 Å². The Morgan fingerprint density at radius 2 is 2.10 bits per heavy atom. The first-order chi connectivity index (χ1) is 10.2. The number of H-pyrrole nitrogens is 1. The van der Waals surface area contributed by atoms with Crippen LogP contribution in [0, 0.1) is 0 Å². The summed E-state index contributed by atoms with van der Waals surface area (Å²) in [5.74, 6) is 1.28. The van der Waals surface area contributed by atoms with Crippen LogP contribution in [-0.2, 0) is 6.42 Å². The van der Waals surface area contributed by atoms with Gasteiger partial charge in [0.05, 0.1) is 16.4 Å². The molecule has 6 heteroatoms. The van der Waals surface area contributed by atoms with Gasteiger partial charge in [0.15, 0.2) is 11.4 Å². The van der Waals surface area contributed by atoms with Crippen LogP contribution in [0.5, 0.6) is 0 Å². The third-order valence-electron chi connectivity index (χ3n) is 3.43. The minimum atomic E-state index is 0.406. The highest BCUT2D eigenvalue weighted by molar-refractivity contribution is 6.31. The lowest BCUT2D eigenvalue weighted by Crippen LogP contribution is -1.91. The molecule has 104 valence electrons. The van der Waals surface area contributed by atoms with Crippen LogP contribution in [0.1, 0.15) is 11.4 Å². The molecule has 2 heterocycles. The summed E-state index contributed by atoms with van der Waals surface area (Å²) in [6.45, 7) is 0. The zero-order valence-electron chi connectivity index (χ0n) is 10.9. The van der Waals surface area contributed by atoms with Crippen molar-refractivity contribution in [2.45, 2.75) is 6.42 Å². The number of nitrogens with two attached hydrogens (primary N) is 1. The lowest BCUT2D eigenvalue weighted by Gasteiger charge is -1.98. The molecule has 0 atom stereocenters. The van der Waals surface area contributed by atoms with E-state index in [9.17, 15) is 0 Å². The Balaban J connectivity index is 1.73. The Morgan fingerprint density at radius 1 is 1.19 bits per heavy atom. The average molecular weight is 299 g/mol. The summed E-state index contributed by atoms with van der Waals surface area (Å²) >= 11 is 5.98. The Bertz CT molecular complexity index is 957. The maximum atomic E-state index is 5.98. The number of fused-ring (bicyclic) bond motifs is 2. The second-order valence-electron chi connectivity index (χ2n) is 4.92. The van der Waals surface area contributed by atoms with Gasteiger partial charge >= 0.3 is 0 Å². The molecular formula is C15H11ClN4O. The highest BCUT2D eigenvalue weighted by atomic mass is 35.5. The molecule has 2 aromatic carbocycles. The number of halogens is 1. The molecule has 2 aromatic heterocycles. The Hall–Kier alpha value is -2.53. The summed E-state index contributed by atoms with van der Waals surface area (Å²) in [6.07, 6.45) is 0.673. The van der Waals surface area contributed by atoms with E-state index < -0.39 is 0 Å².